The molecule has 0 radical (unpaired) electrons. The number of rotatable bonds is 2. The number of hydrogen-bond acceptors (Lipinski definition) is 1. The minimum absolute atomic E-state index is 0.462. The fourth-order valence-corrected chi connectivity index (χ4v) is 0.942. The Morgan fingerprint density at radius 2 is 2.00 bits per heavy atom. The Morgan fingerprint density at radius 1 is 1.42 bits per heavy atom. The number of carbonyl (C=O) groups is 1. The van der Waals surface area contributed by atoms with Gasteiger partial charge in [-0.3, -0.25) is 4.79 Å². The fourth-order valence-electron chi connectivity index (χ4n) is 0.942. The molecular formula is C11H12O. The van der Waals surface area contributed by atoms with Crippen LogP contribution in [0.4, 0.5) is 0 Å². The lowest BCUT2D eigenvalue weighted by molar-refractivity contribution is -0.104. The van der Waals surface area contributed by atoms with E-state index in [1.807, 2.05) is 31.2 Å². The van der Waals surface area contributed by atoms with Crippen molar-refractivity contribution in [2.75, 3.05) is 0 Å². The lowest BCUT2D eigenvalue weighted by atomic mass is 10.1. The molecule has 0 aromatic heterocycles. The van der Waals surface area contributed by atoms with Crippen molar-refractivity contribution in [1.29, 1.82) is 0 Å². The van der Waals surface area contributed by atoms with Gasteiger partial charge in [-0.1, -0.05) is 29.8 Å². The molecule has 0 N–H and O–H groups in total. The van der Waals surface area contributed by atoms with Crippen LogP contribution in [0.25, 0.3) is 6.08 Å². The number of aryl methyl sites for hydroxylation is 1. The van der Waals surface area contributed by atoms with Crippen LogP contribution in [0.3, 0.4) is 0 Å². The Hall–Kier alpha value is -1.37. The first-order chi connectivity index (χ1) is 6.09. The van der Waals surface area contributed by atoms with E-state index in [4.69, 9.17) is 1.37 Å². The molecule has 1 aromatic carbocycles. The molecule has 1 aromatic rings. The zero-order chi connectivity index (χ0) is 9.84. The average molecular weight is 161 g/mol. The second-order valence-corrected chi connectivity index (χ2v) is 2.84. The van der Waals surface area contributed by atoms with Crippen molar-refractivity contribution in [2.45, 2.75) is 13.8 Å². The Balaban J connectivity index is 2.92. The molecule has 1 nitrogen and oxygen atoms in total. The van der Waals surface area contributed by atoms with Gasteiger partial charge in [0.15, 0.2) is 0 Å². The van der Waals surface area contributed by atoms with Gasteiger partial charge in [0.05, 0.1) is 0 Å². The second kappa shape index (κ2) is 3.86. The van der Waals surface area contributed by atoms with Crippen molar-refractivity contribution in [3.8, 4) is 0 Å². The van der Waals surface area contributed by atoms with E-state index in [2.05, 4.69) is 0 Å². The minimum atomic E-state index is -0.624. The third-order valence-corrected chi connectivity index (χ3v) is 1.62. The molecule has 1 rings (SSSR count). The summed E-state index contributed by atoms with van der Waals surface area (Å²) in [6.07, 6.45) is 1.09. The first kappa shape index (κ1) is 7.29. The van der Waals surface area contributed by atoms with Crippen molar-refractivity contribution in [3.63, 3.8) is 0 Å². The largest absolute Gasteiger partial charge is 0.298 e. The molecule has 0 unspecified atom stereocenters. The van der Waals surface area contributed by atoms with Crippen LogP contribution in [0.15, 0.2) is 29.8 Å². The van der Waals surface area contributed by atoms with Crippen molar-refractivity contribution in [3.05, 3.63) is 41.0 Å². The highest BCUT2D eigenvalue weighted by Gasteiger charge is 1.88. The zero-order valence-corrected chi connectivity index (χ0v) is 7.29. The molecule has 0 saturated carbocycles. The van der Waals surface area contributed by atoms with Crippen LogP contribution in [0.5, 0.6) is 0 Å². The van der Waals surface area contributed by atoms with Crippen molar-refractivity contribution in [1.82, 2.24) is 0 Å². The summed E-state index contributed by atoms with van der Waals surface area (Å²) in [6, 6.07) is 7.82. The third-order valence-electron chi connectivity index (χ3n) is 1.62. The van der Waals surface area contributed by atoms with Gasteiger partial charge in [-0.05, 0) is 31.1 Å². The molecule has 0 fully saturated rings. The number of hydrogen-bond donors (Lipinski definition) is 0. The second-order valence-electron chi connectivity index (χ2n) is 2.84. The molecule has 62 valence electrons. The molecule has 0 bridgehead atoms. The number of carbonyl (C=O) groups excluding carboxylic acids is 1. The van der Waals surface area contributed by atoms with Gasteiger partial charge >= 0.3 is 0 Å². The van der Waals surface area contributed by atoms with Crippen molar-refractivity contribution < 1.29 is 6.17 Å². The van der Waals surface area contributed by atoms with E-state index < -0.39 is 6.26 Å². The minimum Gasteiger partial charge on any atom is -0.298 e. The maximum atomic E-state index is 10.6. The predicted molar refractivity (Wildman–Crippen MR) is 50.9 cm³/mol. The van der Waals surface area contributed by atoms with Gasteiger partial charge in [-0.25, -0.2) is 0 Å². The van der Waals surface area contributed by atoms with E-state index in [1.54, 1.807) is 13.0 Å². The Bertz CT molecular complexity index is 336. The topological polar surface area (TPSA) is 17.1 Å². The van der Waals surface area contributed by atoms with Crippen LogP contribution >= 0.6 is 0 Å². The molecule has 0 aliphatic carbocycles. The Morgan fingerprint density at radius 3 is 2.50 bits per heavy atom. The smallest absolute Gasteiger partial charge is 0.145 e. The average Bonchev–Trinajstić information content (AvgIpc) is 2.08. The van der Waals surface area contributed by atoms with E-state index in [9.17, 15) is 4.79 Å². The highest BCUT2D eigenvalue weighted by molar-refractivity contribution is 5.80. The van der Waals surface area contributed by atoms with E-state index >= 15 is 0 Å². The van der Waals surface area contributed by atoms with Crippen molar-refractivity contribution in [2.24, 2.45) is 0 Å². The molecule has 0 amide bonds. The third kappa shape index (κ3) is 2.35. The summed E-state index contributed by atoms with van der Waals surface area (Å²) in [5.74, 6) is 0. The van der Waals surface area contributed by atoms with Gasteiger partial charge < -0.3 is 0 Å². The summed E-state index contributed by atoms with van der Waals surface area (Å²) in [5.41, 5.74) is 2.61. The summed E-state index contributed by atoms with van der Waals surface area (Å²) >= 11 is 0. The summed E-state index contributed by atoms with van der Waals surface area (Å²) in [4.78, 5) is 10.6. The van der Waals surface area contributed by atoms with Crippen LogP contribution in [-0.2, 0) is 4.79 Å². The predicted octanol–water partition coefficient (Wildman–Crippen LogP) is 2.60. The molecule has 0 spiro atoms. The quantitative estimate of drug-likeness (QED) is 0.481. The van der Waals surface area contributed by atoms with Crippen LogP contribution < -0.4 is 0 Å². The first-order valence-electron chi connectivity index (χ1n) is 4.35. The molecular weight excluding hydrogens is 148 g/mol. The standard InChI is InChI=1S/C11H12O/c1-9-3-5-11(6-4-9)7-10(2)8-12/h3-8H,1-2H3/b10-7+/i8D. The highest BCUT2D eigenvalue weighted by Crippen LogP contribution is 2.06. The summed E-state index contributed by atoms with van der Waals surface area (Å²) < 4.78 is 6.87. The molecule has 0 aliphatic heterocycles. The lowest BCUT2D eigenvalue weighted by Crippen LogP contribution is -1.78. The summed E-state index contributed by atoms with van der Waals surface area (Å²) in [5, 5.41) is 0. The van der Waals surface area contributed by atoms with Crippen LogP contribution in [0, 0.1) is 6.92 Å². The van der Waals surface area contributed by atoms with Crippen LogP contribution in [0.1, 0.15) is 19.4 Å². The monoisotopic (exact) mass is 161 g/mol. The maximum Gasteiger partial charge on any atom is 0.145 e. The molecule has 0 aliphatic rings. The van der Waals surface area contributed by atoms with Gasteiger partial charge in [-0.2, -0.15) is 0 Å². The number of aldehydes is 1. The SMILES string of the molecule is [2H]C(=O)/C(C)=C/c1ccc(C)cc1. The highest BCUT2D eigenvalue weighted by atomic mass is 16.1. The number of benzene rings is 1. The van der Waals surface area contributed by atoms with E-state index in [1.165, 1.54) is 5.56 Å². The van der Waals surface area contributed by atoms with Gasteiger partial charge in [0.2, 0.25) is 0 Å². The van der Waals surface area contributed by atoms with Crippen LogP contribution in [-0.4, -0.2) is 6.26 Å². The Labute approximate surface area is 74.1 Å². The Kier molecular flexibility index (Phi) is 2.34. The molecule has 1 heteroatoms. The van der Waals surface area contributed by atoms with Gasteiger partial charge in [0.25, 0.3) is 0 Å². The lowest BCUT2D eigenvalue weighted by Gasteiger charge is -1.94. The van der Waals surface area contributed by atoms with Gasteiger partial charge in [0.1, 0.15) is 7.63 Å². The van der Waals surface area contributed by atoms with Crippen molar-refractivity contribution >= 4 is 12.3 Å². The maximum absolute atomic E-state index is 10.6. The van der Waals surface area contributed by atoms with Gasteiger partial charge in [0, 0.05) is 0 Å². The van der Waals surface area contributed by atoms with Gasteiger partial charge in [-0.15, -0.1) is 0 Å². The normalized spacial score (nSPS) is 12.5. The summed E-state index contributed by atoms with van der Waals surface area (Å²) in [6.45, 7) is 3.66. The fraction of sp³-hybridized carbons (Fsp3) is 0.182. The molecule has 0 heterocycles. The van der Waals surface area contributed by atoms with E-state index in [0.717, 1.165) is 5.56 Å². The van der Waals surface area contributed by atoms with E-state index in [-0.39, 0.29) is 0 Å². The zero-order valence-electron chi connectivity index (χ0n) is 8.29. The number of allylic oxidation sites excluding steroid dienone is 1. The molecule has 12 heavy (non-hydrogen) atoms. The van der Waals surface area contributed by atoms with Crippen LogP contribution in [0.2, 0.25) is 0 Å². The molecule has 0 saturated heterocycles. The first-order valence-corrected chi connectivity index (χ1v) is 3.85. The molecule has 0 atom stereocenters. The summed E-state index contributed by atoms with van der Waals surface area (Å²) in [7, 11) is 0. The van der Waals surface area contributed by atoms with E-state index in [0.29, 0.717) is 5.57 Å².